The molecular formula is C12H12F3NO5S. The van der Waals surface area contributed by atoms with Crippen molar-refractivity contribution in [2.75, 3.05) is 11.3 Å². The first-order valence-corrected chi connectivity index (χ1v) is 7.72. The smallest absolute Gasteiger partial charge is 0.422 e. The predicted octanol–water partition coefficient (Wildman–Crippen LogP) is 2.23. The molecule has 1 aromatic carbocycles. The van der Waals surface area contributed by atoms with Crippen LogP contribution in [0, 0.1) is 0 Å². The SMILES string of the molecule is O=C(O)c1cc(NS(=O)(=O)C2CC2)ccc1OCC(F)(F)F. The van der Waals surface area contributed by atoms with Crippen molar-refractivity contribution in [3.8, 4) is 5.75 Å². The molecule has 0 aromatic heterocycles. The standard InChI is InChI=1S/C12H12F3NO5S/c13-12(14,15)6-21-10-4-1-7(5-9(10)11(17)18)16-22(19,20)8-2-3-8/h1,4-5,8,16H,2-3,6H2,(H,17,18). The van der Waals surface area contributed by atoms with Gasteiger partial charge in [0, 0.05) is 5.69 Å². The summed E-state index contributed by atoms with van der Waals surface area (Å²) in [4.78, 5) is 11.1. The zero-order valence-electron chi connectivity index (χ0n) is 11.1. The monoisotopic (exact) mass is 339 g/mol. The van der Waals surface area contributed by atoms with Crippen molar-refractivity contribution in [1.82, 2.24) is 0 Å². The Kier molecular flexibility index (Phi) is 4.23. The van der Waals surface area contributed by atoms with Gasteiger partial charge in [0.05, 0.1) is 5.25 Å². The van der Waals surface area contributed by atoms with Gasteiger partial charge in [-0.1, -0.05) is 0 Å². The Labute approximate surface area is 123 Å². The Bertz CT molecular complexity index is 682. The zero-order valence-corrected chi connectivity index (χ0v) is 11.9. The van der Waals surface area contributed by atoms with Crippen molar-refractivity contribution in [2.45, 2.75) is 24.3 Å². The average Bonchev–Trinajstić information content (AvgIpc) is 3.20. The van der Waals surface area contributed by atoms with E-state index in [2.05, 4.69) is 9.46 Å². The second-order valence-corrected chi connectivity index (χ2v) is 6.73. The minimum absolute atomic E-state index is 0.0383. The number of alkyl halides is 3. The molecule has 0 heterocycles. The van der Waals surface area contributed by atoms with Crippen molar-refractivity contribution < 1.29 is 36.2 Å². The highest BCUT2D eigenvalue weighted by Crippen LogP contribution is 2.31. The first kappa shape index (κ1) is 16.4. The van der Waals surface area contributed by atoms with Gasteiger partial charge in [-0.05, 0) is 31.0 Å². The lowest BCUT2D eigenvalue weighted by Gasteiger charge is -2.13. The number of hydrogen-bond acceptors (Lipinski definition) is 4. The topological polar surface area (TPSA) is 92.7 Å². The molecule has 2 N–H and O–H groups in total. The van der Waals surface area contributed by atoms with E-state index < -0.39 is 45.3 Å². The van der Waals surface area contributed by atoms with E-state index in [0.717, 1.165) is 18.2 Å². The normalized spacial score (nSPS) is 15.4. The number of rotatable bonds is 6. The molecule has 0 bridgehead atoms. The van der Waals surface area contributed by atoms with E-state index >= 15 is 0 Å². The number of benzene rings is 1. The van der Waals surface area contributed by atoms with Crippen LogP contribution in [0.15, 0.2) is 18.2 Å². The molecule has 22 heavy (non-hydrogen) atoms. The second-order valence-electron chi connectivity index (χ2n) is 4.77. The number of nitrogens with one attached hydrogen (secondary N) is 1. The van der Waals surface area contributed by atoms with Crippen molar-refractivity contribution in [2.24, 2.45) is 0 Å². The van der Waals surface area contributed by atoms with Crippen LogP contribution in [0.5, 0.6) is 5.75 Å². The second kappa shape index (κ2) is 5.67. The summed E-state index contributed by atoms with van der Waals surface area (Å²) >= 11 is 0. The maximum atomic E-state index is 12.1. The van der Waals surface area contributed by atoms with Gasteiger partial charge in [0.1, 0.15) is 11.3 Å². The molecule has 0 radical (unpaired) electrons. The highest BCUT2D eigenvalue weighted by Gasteiger charge is 2.36. The quantitative estimate of drug-likeness (QED) is 0.829. The third kappa shape index (κ3) is 4.26. The highest BCUT2D eigenvalue weighted by atomic mass is 32.2. The van der Waals surface area contributed by atoms with Gasteiger partial charge in [0.2, 0.25) is 10.0 Å². The summed E-state index contributed by atoms with van der Waals surface area (Å²) in [6.07, 6.45) is -3.57. The molecule has 1 fully saturated rings. The first-order chi connectivity index (χ1) is 10.1. The van der Waals surface area contributed by atoms with Crippen LogP contribution in [0.1, 0.15) is 23.2 Å². The summed E-state index contributed by atoms with van der Waals surface area (Å²) < 4.78 is 66.4. The van der Waals surface area contributed by atoms with Crippen molar-refractivity contribution in [3.05, 3.63) is 23.8 Å². The molecule has 1 saturated carbocycles. The van der Waals surface area contributed by atoms with Crippen LogP contribution >= 0.6 is 0 Å². The number of sulfonamides is 1. The predicted molar refractivity (Wildman–Crippen MR) is 70.5 cm³/mol. The van der Waals surface area contributed by atoms with Gasteiger partial charge < -0.3 is 9.84 Å². The lowest BCUT2D eigenvalue weighted by atomic mass is 10.2. The fourth-order valence-electron chi connectivity index (χ4n) is 1.67. The van der Waals surface area contributed by atoms with Gasteiger partial charge in [0.25, 0.3) is 0 Å². The molecule has 122 valence electrons. The summed E-state index contributed by atoms with van der Waals surface area (Å²) in [6.45, 7) is -1.64. The number of hydrogen-bond donors (Lipinski definition) is 2. The van der Waals surface area contributed by atoms with Crippen LogP contribution in [0.25, 0.3) is 0 Å². The van der Waals surface area contributed by atoms with Crippen LogP contribution in [-0.2, 0) is 10.0 Å². The number of carbonyl (C=O) groups is 1. The Morgan fingerprint density at radius 3 is 2.50 bits per heavy atom. The van der Waals surface area contributed by atoms with E-state index in [1.165, 1.54) is 0 Å². The third-order valence-electron chi connectivity index (χ3n) is 2.82. The van der Waals surface area contributed by atoms with Crippen LogP contribution in [-0.4, -0.2) is 37.5 Å². The molecule has 1 aliphatic rings. The van der Waals surface area contributed by atoms with E-state index in [1.807, 2.05) is 0 Å². The first-order valence-electron chi connectivity index (χ1n) is 6.17. The number of ether oxygens (including phenoxy) is 1. The molecule has 2 rings (SSSR count). The fourth-order valence-corrected chi connectivity index (χ4v) is 3.05. The molecule has 1 aromatic rings. The van der Waals surface area contributed by atoms with Crippen molar-refractivity contribution >= 4 is 21.7 Å². The number of halogens is 3. The molecule has 0 atom stereocenters. The molecule has 0 unspecified atom stereocenters. The highest BCUT2D eigenvalue weighted by molar-refractivity contribution is 7.93. The van der Waals surface area contributed by atoms with E-state index in [1.54, 1.807) is 0 Å². The molecular weight excluding hydrogens is 327 g/mol. The lowest BCUT2D eigenvalue weighted by Crippen LogP contribution is -2.20. The molecule has 0 amide bonds. The van der Waals surface area contributed by atoms with E-state index in [-0.39, 0.29) is 5.69 Å². The number of carboxylic acid groups (broad SMARTS) is 1. The van der Waals surface area contributed by atoms with Gasteiger partial charge in [0.15, 0.2) is 6.61 Å². The summed E-state index contributed by atoms with van der Waals surface area (Å²) in [7, 11) is -3.59. The van der Waals surface area contributed by atoms with Crippen molar-refractivity contribution in [3.63, 3.8) is 0 Å². The van der Waals surface area contributed by atoms with E-state index in [4.69, 9.17) is 5.11 Å². The Morgan fingerprint density at radius 1 is 1.36 bits per heavy atom. The molecule has 6 nitrogen and oxygen atoms in total. The number of anilines is 1. The minimum Gasteiger partial charge on any atom is -0.483 e. The van der Waals surface area contributed by atoms with E-state index in [9.17, 15) is 26.4 Å². The van der Waals surface area contributed by atoms with Gasteiger partial charge in [-0.25, -0.2) is 13.2 Å². The van der Waals surface area contributed by atoms with Crippen LogP contribution in [0.3, 0.4) is 0 Å². The van der Waals surface area contributed by atoms with Gasteiger partial charge in [-0.2, -0.15) is 13.2 Å². The van der Waals surface area contributed by atoms with Gasteiger partial charge in [-0.3, -0.25) is 4.72 Å². The maximum Gasteiger partial charge on any atom is 0.422 e. The molecule has 0 aliphatic heterocycles. The molecule has 10 heteroatoms. The lowest BCUT2D eigenvalue weighted by molar-refractivity contribution is -0.153. The Balaban J connectivity index is 2.21. The summed E-state index contributed by atoms with van der Waals surface area (Å²) in [5.74, 6) is -2.01. The van der Waals surface area contributed by atoms with Crippen LogP contribution in [0.4, 0.5) is 18.9 Å². The van der Waals surface area contributed by atoms with Crippen molar-refractivity contribution in [1.29, 1.82) is 0 Å². The molecule has 0 saturated heterocycles. The maximum absolute atomic E-state index is 12.1. The van der Waals surface area contributed by atoms with E-state index in [0.29, 0.717) is 12.8 Å². The number of aromatic carboxylic acids is 1. The summed E-state index contributed by atoms with van der Waals surface area (Å²) in [6, 6.07) is 3.06. The summed E-state index contributed by atoms with van der Waals surface area (Å²) in [5.41, 5.74) is -0.594. The third-order valence-corrected chi connectivity index (χ3v) is 4.69. The van der Waals surface area contributed by atoms with Crippen LogP contribution in [0.2, 0.25) is 0 Å². The molecule has 0 spiro atoms. The largest absolute Gasteiger partial charge is 0.483 e. The average molecular weight is 339 g/mol. The van der Waals surface area contributed by atoms with Gasteiger partial charge >= 0.3 is 12.1 Å². The molecule has 1 aliphatic carbocycles. The minimum atomic E-state index is -4.61. The Hall–Kier alpha value is -1.97. The summed E-state index contributed by atoms with van der Waals surface area (Å²) in [5, 5.41) is 8.49. The van der Waals surface area contributed by atoms with Crippen LogP contribution < -0.4 is 9.46 Å². The zero-order chi connectivity index (χ0) is 16.5. The fraction of sp³-hybridized carbons (Fsp3) is 0.417. The Morgan fingerprint density at radius 2 is 2.00 bits per heavy atom. The van der Waals surface area contributed by atoms with Gasteiger partial charge in [-0.15, -0.1) is 0 Å². The number of carboxylic acids is 1.